The van der Waals surface area contributed by atoms with Gasteiger partial charge in [-0.1, -0.05) is 43.6 Å². The first-order valence-corrected chi connectivity index (χ1v) is 12.2. The van der Waals surface area contributed by atoms with Crippen molar-refractivity contribution in [1.82, 2.24) is 4.90 Å². The molecule has 1 saturated heterocycles. The van der Waals surface area contributed by atoms with Gasteiger partial charge in [-0.05, 0) is 48.6 Å². The molecule has 32 heavy (non-hydrogen) atoms. The Balaban J connectivity index is 1.74. The maximum absolute atomic E-state index is 13.0. The number of nitrogens with zero attached hydrogens (tertiary/aromatic N) is 2. The molecule has 1 aliphatic heterocycles. The summed E-state index contributed by atoms with van der Waals surface area (Å²) in [6.07, 6.45) is 1.05. The monoisotopic (exact) mass is 478 g/mol. The lowest BCUT2D eigenvalue weighted by atomic mass is 9.92. The zero-order valence-electron chi connectivity index (χ0n) is 18.3. The van der Waals surface area contributed by atoms with Crippen LogP contribution in [0.2, 0.25) is 5.02 Å². The number of likely N-dealkylation sites (tertiary alicyclic amines) is 1. The normalized spacial score (nSPS) is 18.8. The van der Waals surface area contributed by atoms with Gasteiger partial charge in [0.1, 0.15) is 0 Å². The van der Waals surface area contributed by atoms with Gasteiger partial charge in [0.25, 0.3) is 15.9 Å². The minimum Gasteiger partial charge on any atom is -0.452 e. The lowest BCUT2D eigenvalue weighted by molar-refractivity contribution is -0.137. The molecule has 0 spiro atoms. The van der Waals surface area contributed by atoms with Crippen molar-refractivity contribution in [1.29, 1.82) is 0 Å². The standard InChI is InChI=1S/C23H27ClN2O5S/c1-16-11-17(2)14-26(13-16)22(27)15-31-23(28)20-12-19(9-10-21(20)24)32(29,30)25(3)18-7-5-4-6-8-18/h4-10,12,16-17H,11,13-15H2,1-3H3. The second kappa shape index (κ2) is 9.92. The number of rotatable bonds is 6. The second-order valence-corrected chi connectivity index (χ2v) is 10.6. The fraction of sp³-hybridized carbons (Fsp3) is 0.391. The minimum absolute atomic E-state index is 0.0454. The van der Waals surface area contributed by atoms with Gasteiger partial charge in [-0.25, -0.2) is 13.2 Å². The number of halogens is 1. The van der Waals surface area contributed by atoms with Crippen molar-refractivity contribution in [2.75, 3.05) is 31.0 Å². The number of carbonyl (C=O) groups excluding carboxylic acids is 2. The minimum atomic E-state index is -3.93. The van der Waals surface area contributed by atoms with Crippen LogP contribution in [0.3, 0.4) is 0 Å². The highest BCUT2D eigenvalue weighted by Crippen LogP contribution is 2.26. The predicted molar refractivity (Wildman–Crippen MR) is 123 cm³/mol. The van der Waals surface area contributed by atoms with Crippen molar-refractivity contribution in [3.63, 3.8) is 0 Å². The molecule has 1 aliphatic rings. The first-order valence-electron chi connectivity index (χ1n) is 10.4. The largest absolute Gasteiger partial charge is 0.452 e. The summed E-state index contributed by atoms with van der Waals surface area (Å²) in [6.45, 7) is 5.00. The first kappa shape index (κ1) is 24.1. The highest BCUT2D eigenvalue weighted by Gasteiger charge is 2.27. The van der Waals surface area contributed by atoms with Crippen LogP contribution in [0, 0.1) is 11.8 Å². The number of esters is 1. The molecule has 1 amide bonds. The summed E-state index contributed by atoms with van der Waals surface area (Å²) in [5.41, 5.74) is 0.365. The molecule has 1 fully saturated rings. The van der Waals surface area contributed by atoms with Crippen molar-refractivity contribution >= 4 is 39.2 Å². The Morgan fingerprint density at radius 3 is 2.34 bits per heavy atom. The van der Waals surface area contributed by atoms with Crippen LogP contribution in [0.5, 0.6) is 0 Å². The SMILES string of the molecule is CC1CC(C)CN(C(=O)COC(=O)c2cc(S(=O)(=O)N(C)c3ccccc3)ccc2Cl)C1. The van der Waals surface area contributed by atoms with Crippen LogP contribution in [0.4, 0.5) is 5.69 Å². The third-order valence-corrected chi connectivity index (χ3v) is 7.60. The van der Waals surface area contributed by atoms with E-state index in [4.69, 9.17) is 16.3 Å². The van der Waals surface area contributed by atoms with Crippen molar-refractivity contribution < 1.29 is 22.7 Å². The van der Waals surface area contributed by atoms with Gasteiger partial charge in [0.05, 0.1) is 21.2 Å². The quantitative estimate of drug-likeness (QED) is 0.589. The molecule has 172 valence electrons. The molecule has 0 radical (unpaired) electrons. The van der Waals surface area contributed by atoms with Gasteiger partial charge in [0, 0.05) is 20.1 Å². The maximum atomic E-state index is 13.0. The van der Waals surface area contributed by atoms with Crippen molar-refractivity contribution in [2.24, 2.45) is 11.8 Å². The Morgan fingerprint density at radius 2 is 1.72 bits per heavy atom. The first-order chi connectivity index (χ1) is 15.1. The van der Waals surface area contributed by atoms with E-state index in [2.05, 4.69) is 13.8 Å². The number of piperidine rings is 1. The van der Waals surface area contributed by atoms with Gasteiger partial charge >= 0.3 is 5.97 Å². The van der Waals surface area contributed by atoms with E-state index in [0.717, 1.165) is 10.7 Å². The summed E-state index contributed by atoms with van der Waals surface area (Å²) in [5.74, 6) is -0.353. The van der Waals surface area contributed by atoms with Gasteiger partial charge in [0.2, 0.25) is 0 Å². The highest BCUT2D eigenvalue weighted by molar-refractivity contribution is 7.92. The van der Waals surface area contributed by atoms with Gasteiger partial charge in [-0.15, -0.1) is 0 Å². The highest BCUT2D eigenvalue weighted by atomic mass is 35.5. The summed E-state index contributed by atoms with van der Waals surface area (Å²) in [6, 6.07) is 12.4. The number of hydrogen-bond acceptors (Lipinski definition) is 5. The zero-order valence-corrected chi connectivity index (χ0v) is 19.9. The number of sulfonamides is 1. The van der Waals surface area contributed by atoms with Crippen LogP contribution in [0.15, 0.2) is 53.4 Å². The average molecular weight is 479 g/mol. The fourth-order valence-corrected chi connectivity index (χ4v) is 5.34. The Bertz CT molecular complexity index is 1080. The van der Waals surface area contributed by atoms with E-state index in [1.165, 1.54) is 25.2 Å². The van der Waals surface area contributed by atoms with Crippen LogP contribution in [-0.4, -0.2) is 51.9 Å². The smallest absolute Gasteiger partial charge is 0.340 e. The van der Waals surface area contributed by atoms with Crippen LogP contribution >= 0.6 is 11.6 Å². The third-order valence-electron chi connectivity index (χ3n) is 5.48. The molecule has 2 aromatic carbocycles. The van der Waals surface area contributed by atoms with E-state index in [9.17, 15) is 18.0 Å². The third kappa shape index (κ3) is 5.42. The predicted octanol–water partition coefficient (Wildman–Crippen LogP) is 3.83. The van der Waals surface area contributed by atoms with Gasteiger partial charge < -0.3 is 9.64 Å². The number of ether oxygens (including phenoxy) is 1. The fourth-order valence-electron chi connectivity index (χ4n) is 3.92. The van der Waals surface area contributed by atoms with E-state index in [1.807, 2.05) is 0 Å². The number of para-hydroxylation sites is 1. The Hall–Kier alpha value is -2.58. The molecule has 7 nitrogen and oxygen atoms in total. The summed E-state index contributed by atoms with van der Waals surface area (Å²) in [5, 5.41) is 0.0454. The average Bonchev–Trinajstić information content (AvgIpc) is 2.76. The van der Waals surface area contributed by atoms with E-state index >= 15 is 0 Å². The van der Waals surface area contributed by atoms with Crippen LogP contribution in [0.25, 0.3) is 0 Å². The molecular formula is C23H27ClN2O5S. The topological polar surface area (TPSA) is 84.0 Å². The Kier molecular flexibility index (Phi) is 7.46. The van der Waals surface area contributed by atoms with Gasteiger partial charge in [-0.3, -0.25) is 9.10 Å². The lowest BCUT2D eigenvalue weighted by Gasteiger charge is -2.34. The molecule has 9 heteroatoms. The van der Waals surface area contributed by atoms with Crippen LogP contribution < -0.4 is 4.31 Å². The molecule has 1 heterocycles. The van der Waals surface area contributed by atoms with E-state index < -0.39 is 22.6 Å². The number of benzene rings is 2. The number of anilines is 1. The van der Waals surface area contributed by atoms with Gasteiger partial charge in [-0.2, -0.15) is 0 Å². The molecule has 2 atom stereocenters. The van der Waals surface area contributed by atoms with Crippen LogP contribution in [0.1, 0.15) is 30.6 Å². The number of hydrogen-bond donors (Lipinski definition) is 0. The second-order valence-electron chi connectivity index (χ2n) is 8.27. The Labute approximate surface area is 194 Å². The summed E-state index contributed by atoms with van der Waals surface area (Å²) < 4.78 is 32.3. The maximum Gasteiger partial charge on any atom is 0.340 e. The summed E-state index contributed by atoms with van der Waals surface area (Å²) in [7, 11) is -2.51. The molecule has 2 unspecified atom stereocenters. The molecule has 0 N–H and O–H groups in total. The molecular weight excluding hydrogens is 452 g/mol. The zero-order chi connectivity index (χ0) is 23.5. The van der Waals surface area contributed by atoms with Crippen LogP contribution in [-0.2, 0) is 19.6 Å². The van der Waals surface area contributed by atoms with E-state index in [-0.39, 0.29) is 21.4 Å². The Morgan fingerprint density at radius 1 is 1.09 bits per heavy atom. The molecule has 0 aromatic heterocycles. The molecule has 3 rings (SSSR count). The molecule has 0 saturated carbocycles. The van der Waals surface area contributed by atoms with E-state index in [0.29, 0.717) is 30.6 Å². The molecule has 2 aromatic rings. The van der Waals surface area contributed by atoms with E-state index in [1.54, 1.807) is 35.2 Å². The lowest BCUT2D eigenvalue weighted by Crippen LogP contribution is -2.44. The number of carbonyl (C=O) groups is 2. The van der Waals surface area contributed by atoms with Crippen molar-refractivity contribution in [3.8, 4) is 0 Å². The van der Waals surface area contributed by atoms with Crippen molar-refractivity contribution in [3.05, 3.63) is 59.1 Å². The summed E-state index contributed by atoms with van der Waals surface area (Å²) >= 11 is 6.14. The molecule has 0 bridgehead atoms. The number of amides is 1. The van der Waals surface area contributed by atoms with Crippen molar-refractivity contribution in [2.45, 2.75) is 25.2 Å². The molecule has 0 aliphatic carbocycles. The summed E-state index contributed by atoms with van der Waals surface area (Å²) in [4.78, 5) is 26.7. The van der Waals surface area contributed by atoms with Gasteiger partial charge in [0.15, 0.2) is 6.61 Å².